The van der Waals surface area contributed by atoms with Gasteiger partial charge in [0.15, 0.2) is 0 Å². The maximum absolute atomic E-state index is 2.51. The van der Waals surface area contributed by atoms with E-state index in [1.807, 2.05) is 22.7 Å². The molecule has 0 aromatic carbocycles. The van der Waals surface area contributed by atoms with Crippen molar-refractivity contribution in [2.75, 3.05) is 0 Å². The van der Waals surface area contributed by atoms with Crippen LogP contribution in [0.3, 0.4) is 0 Å². The Hall–Kier alpha value is -0.0571. The molecule has 1 aliphatic heterocycles. The van der Waals surface area contributed by atoms with E-state index in [1.54, 1.807) is 18.5 Å². The van der Waals surface area contributed by atoms with Crippen molar-refractivity contribution in [3.63, 3.8) is 0 Å². The van der Waals surface area contributed by atoms with Gasteiger partial charge in [-0.3, -0.25) is 0 Å². The average Bonchev–Trinajstić information content (AvgIpc) is 2.90. The van der Waals surface area contributed by atoms with Crippen molar-refractivity contribution < 1.29 is 0 Å². The van der Waals surface area contributed by atoms with Crippen molar-refractivity contribution in [1.29, 1.82) is 0 Å². The summed E-state index contributed by atoms with van der Waals surface area (Å²) < 4.78 is 3.58. The molecule has 1 aliphatic rings. The summed E-state index contributed by atoms with van der Waals surface area (Å²) in [5, 5.41) is 2.81. The minimum atomic E-state index is -1.94. The van der Waals surface area contributed by atoms with Crippen molar-refractivity contribution in [2.45, 2.75) is 38.2 Å². The van der Waals surface area contributed by atoms with E-state index in [0.717, 1.165) is 0 Å². The average molecular weight is 323 g/mol. The summed E-state index contributed by atoms with van der Waals surface area (Å²) >= 11 is 2.10. The van der Waals surface area contributed by atoms with E-state index in [4.69, 9.17) is 0 Å². The first-order valence-corrected chi connectivity index (χ1v) is 13.0. The van der Waals surface area contributed by atoms with Gasteiger partial charge in [-0.25, -0.2) is 0 Å². The molecule has 0 atom stereocenters. The third-order valence-corrected chi connectivity index (χ3v) is 18.2. The summed E-state index contributed by atoms with van der Waals surface area (Å²) in [5.74, 6) is 0. The van der Waals surface area contributed by atoms with Gasteiger partial charge in [-0.1, -0.05) is 0 Å². The van der Waals surface area contributed by atoms with E-state index in [0.29, 0.717) is 0 Å². The van der Waals surface area contributed by atoms with Crippen LogP contribution >= 0.6 is 22.7 Å². The van der Waals surface area contributed by atoms with E-state index in [-0.39, 0.29) is 0 Å². The number of aryl methyl sites for hydroxylation is 2. The Morgan fingerprint density at radius 2 is 1.29 bits per heavy atom. The van der Waals surface area contributed by atoms with Crippen LogP contribution in [0.1, 0.15) is 23.6 Å². The van der Waals surface area contributed by atoms with Gasteiger partial charge in [-0.2, -0.15) is 0 Å². The Morgan fingerprint density at radius 3 is 1.65 bits per heavy atom. The molecule has 0 amide bonds. The van der Waals surface area contributed by atoms with Crippen LogP contribution in [0, 0.1) is 13.8 Å². The van der Waals surface area contributed by atoms with Crippen LogP contribution in [-0.4, -0.2) is 13.3 Å². The van der Waals surface area contributed by atoms with E-state index in [1.165, 1.54) is 20.3 Å². The molecular formula is C14H18GeS2. The first-order chi connectivity index (χ1) is 8.12. The van der Waals surface area contributed by atoms with Crippen LogP contribution in [0.5, 0.6) is 0 Å². The Labute approximate surface area is 114 Å². The SMILES string of the molecule is C[CH2][Ge]1([CH2]C)[c]2cc(C)sc2-c2sc(C)c[c]21. The van der Waals surface area contributed by atoms with Gasteiger partial charge in [0, 0.05) is 0 Å². The molecule has 90 valence electrons. The standard InChI is InChI=1S/C14H18GeS2/c1-5-15(6-2)11-7-9(3)16-13(11)14-12(15)8-10(4)17-14/h7-8H,5-6H2,1-4H3. The van der Waals surface area contributed by atoms with Crippen molar-refractivity contribution in [3.8, 4) is 9.75 Å². The van der Waals surface area contributed by atoms with Gasteiger partial charge < -0.3 is 0 Å². The zero-order valence-corrected chi connectivity index (χ0v) is 14.6. The van der Waals surface area contributed by atoms with Crippen molar-refractivity contribution in [2.24, 2.45) is 0 Å². The summed E-state index contributed by atoms with van der Waals surface area (Å²) in [6, 6.07) is 5.02. The first-order valence-electron chi connectivity index (χ1n) is 6.34. The van der Waals surface area contributed by atoms with Gasteiger partial charge in [0.05, 0.1) is 0 Å². The summed E-state index contributed by atoms with van der Waals surface area (Å²) in [4.78, 5) is 6.28. The molecule has 0 saturated heterocycles. The molecule has 0 unspecified atom stereocenters. The number of hydrogen-bond donors (Lipinski definition) is 0. The number of fused-ring (bicyclic) bond motifs is 3. The van der Waals surface area contributed by atoms with Crippen molar-refractivity contribution >= 4 is 44.7 Å². The number of hydrogen-bond acceptors (Lipinski definition) is 2. The molecule has 3 heteroatoms. The molecule has 0 radical (unpaired) electrons. The Bertz CT molecular complexity index is 525. The quantitative estimate of drug-likeness (QED) is 0.733. The zero-order chi connectivity index (χ0) is 12.2. The van der Waals surface area contributed by atoms with E-state index in [9.17, 15) is 0 Å². The Morgan fingerprint density at radius 1 is 0.882 bits per heavy atom. The van der Waals surface area contributed by atoms with Gasteiger partial charge in [-0.15, -0.1) is 0 Å². The van der Waals surface area contributed by atoms with Crippen LogP contribution in [0.4, 0.5) is 0 Å². The molecular weight excluding hydrogens is 305 g/mol. The second kappa shape index (κ2) is 3.97. The van der Waals surface area contributed by atoms with Gasteiger partial charge in [0.2, 0.25) is 0 Å². The zero-order valence-electron chi connectivity index (χ0n) is 10.9. The fourth-order valence-corrected chi connectivity index (χ4v) is 18.0. The fourth-order valence-electron chi connectivity index (χ4n) is 3.23. The van der Waals surface area contributed by atoms with Crippen LogP contribution in [0.2, 0.25) is 10.5 Å². The van der Waals surface area contributed by atoms with E-state index in [2.05, 4.69) is 39.8 Å². The fraction of sp³-hybridized carbons (Fsp3) is 0.429. The summed E-state index contributed by atoms with van der Waals surface area (Å²) in [6.07, 6.45) is 0. The van der Waals surface area contributed by atoms with Crippen molar-refractivity contribution in [1.82, 2.24) is 0 Å². The second-order valence-corrected chi connectivity index (χ2v) is 17.3. The van der Waals surface area contributed by atoms with Crippen LogP contribution in [-0.2, 0) is 0 Å². The van der Waals surface area contributed by atoms with E-state index >= 15 is 0 Å². The molecule has 0 N–H and O–H groups in total. The molecule has 0 saturated carbocycles. The summed E-state index contributed by atoms with van der Waals surface area (Å²) in [7, 11) is 0. The monoisotopic (exact) mass is 324 g/mol. The second-order valence-electron chi connectivity index (χ2n) is 4.99. The van der Waals surface area contributed by atoms with Gasteiger partial charge in [0.25, 0.3) is 0 Å². The molecule has 0 fully saturated rings. The molecule has 0 aliphatic carbocycles. The predicted molar refractivity (Wildman–Crippen MR) is 83.1 cm³/mol. The predicted octanol–water partition coefficient (Wildman–Crippen LogP) is 4.01. The molecule has 0 bridgehead atoms. The van der Waals surface area contributed by atoms with Crippen LogP contribution in [0.15, 0.2) is 12.1 Å². The molecule has 2 aromatic heterocycles. The van der Waals surface area contributed by atoms with Crippen molar-refractivity contribution in [3.05, 3.63) is 21.9 Å². The Balaban J connectivity index is 2.35. The van der Waals surface area contributed by atoms with E-state index < -0.39 is 13.3 Å². The summed E-state index contributed by atoms with van der Waals surface area (Å²) in [5.41, 5.74) is 0. The van der Waals surface area contributed by atoms with Gasteiger partial charge in [0.1, 0.15) is 0 Å². The van der Waals surface area contributed by atoms with Crippen LogP contribution in [0.25, 0.3) is 9.75 Å². The Kier molecular flexibility index (Phi) is 2.80. The molecule has 2 aromatic rings. The topological polar surface area (TPSA) is 0 Å². The first kappa shape index (κ1) is 12.0. The third-order valence-electron chi connectivity index (χ3n) is 4.16. The van der Waals surface area contributed by atoms with Gasteiger partial charge in [-0.05, 0) is 0 Å². The minimum absolute atomic E-state index is 1.41. The third kappa shape index (κ3) is 1.47. The number of rotatable bonds is 2. The number of thiophene rings is 2. The van der Waals surface area contributed by atoms with Crippen LogP contribution < -0.4 is 8.79 Å². The normalized spacial score (nSPS) is 16.0. The molecule has 0 nitrogen and oxygen atoms in total. The van der Waals surface area contributed by atoms with Gasteiger partial charge >= 0.3 is 115 Å². The molecule has 3 rings (SSSR count). The summed E-state index contributed by atoms with van der Waals surface area (Å²) in [6.45, 7) is 9.37. The maximum atomic E-state index is 2.51. The molecule has 17 heavy (non-hydrogen) atoms. The molecule has 0 spiro atoms. The molecule has 3 heterocycles.